The largest absolute Gasteiger partial charge is 0.444 e. The lowest BCUT2D eigenvalue weighted by molar-refractivity contribution is 0.0528. The van der Waals surface area contributed by atoms with Gasteiger partial charge in [-0.2, -0.15) is 0 Å². The highest BCUT2D eigenvalue weighted by Gasteiger charge is 2.15. The molecule has 6 heteroatoms. The van der Waals surface area contributed by atoms with Crippen molar-refractivity contribution in [1.29, 1.82) is 0 Å². The first-order chi connectivity index (χ1) is 7.87. The molecule has 0 atom stereocenters. The molecule has 19 heavy (non-hydrogen) atoms. The van der Waals surface area contributed by atoms with Gasteiger partial charge < -0.3 is 15.8 Å². The third-order valence-corrected chi connectivity index (χ3v) is 2.03. The predicted octanol–water partition coefficient (Wildman–Crippen LogP) is 3.18. The van der Waals surface area contributed by atoms with Crippen LogP contribution in [0.3, 0.4) is 0 Å². The van der Waals surface area contributed by atoms with E-state index in [1.54, 1.807) is 0 Å². The van der Waals surface area contributed by atoms with E-state index in [1.165, 1.54) is 0 Å². The number of nitrogens with two attached hydrogens (primary N) is 1. The number of hydrogen-bond acceptors (Lipinski definition) is 3. The number of benzene rings is 1. The summed E-state index contributed by atoms with van der Waals surface area (Å²) < 4.78 is 5.12. The van der Waals surface area contributed by atoms with Crippen molar-refractivity contribution < 1.29 is 9.53 Å². The van der Waals surface area contributed by atoms with Gasteiger partial charge in [-0.05, 0) is 44.9 Å². The summed E-state index contributed by atoms with van der Waals surface area (Å²) in [4.78, 5) is 11.4. The zero-order valence-electron chi connectivity index (χ0n) is 11.4. The third kappa shape index (κ3) is 9.45. The number of anilines is 1. The number of carbonyl (C=O) groups excluding carboxylic acids is 1. The molecule has 0 radical (unpaired) electrons. The Hall–Kier alpha value is -1.13. The van der Waals surface area contributed by atoms with E-state index in [1.807, 2.05) is 45.0 Å². The van der Waals surface area contributed by atoms with E-state index in [2.05, 4.69) is 5.32 Å². The number of hydrogen-bond donors (Lipinski definition) is 2. The molecule has 0 spiro atoms. The highest BCUT2D eigenvalue weighted by Crippen LogP contribution is 2.08. The normalized spacial score (nSPS) is 9.84. The van der Waals surface area contributed by atoms with Crippen LogP contribution in [0.25, 0.3) is 0 Å². The summed E-state index contributed by atoms with van der Waals surface area (Å²) in [5, 5.41) is 2.71. The molecule has 1 rings (SSSR count). The van der Waals surface area contributed by atoms with Crippen LogP contribution in [0.15, 0.2) is 24.3 Å². The van der Waals surface area contributed by atoms with Gasteiger partial charge in [-0.15, -0.1) is 24.8 Å². The van der Waals surface area contributed by atoms with Gasteiger partial charge in [-0.25, -0.2) is 4.79 Å². The van der Waals surface area contributed by atoms with Crippen molar-refractivity contribution in [3.8, 4) is 0 Å². The summed E-state index contributed by atoms with van der Waals surface area (Å²) in [5.74, 6) is 0. The van der Waals surface area contributed by atoms with Crippen LogP contribution in [-0.4, -0.2) is 18.2 Å². The number of carbonyl (C=O) groups is 1. The van der Waals surface area contributed by atoms with E-state index in [0.29, 0.717) is 6.54 Å². The minimum absolute atomic E-state index is 0. The first-order valence-corrected chi connectivity index (χ1v) is 5.68. The standard InChI is InChI=1S/C13H20N2O2.2ClH/c1-13(2,3)17-12(16)15-8-7-10-5-4-6-11(14)9-10;;/h4-6,9H,7-8,14H2,1-3H3,(H,15,16);2*1H. The molecule has 0 saturated carbocycles. The average Bonchev–Trinajstić information content (AvgIpc) is 2.14. The first kappa shape index (κ1) is 20.2. The molecule has 0 saturated heterocycles. The Morgan fingerprint density at radius 3 is 2.47 bits per heavy atom. The highest BCUT2D eigenvalue weighted by atomic mass is 35.5. The van der Waals surface area contributed by atoms with Gasteiger partial charge in [0.25, 0.3) is 0 Å². The fourth-order valence-corrected chi connectivity index (χ4v) is 1.37. The van der Waals surface area contributed by atoms with Gasteiger partial charge in [0.2, 0.25) is 0 Å². The Morgan fingerprint density at radius 2 is 1.95 bits per heavy atom. The molecule has 0 unspecified atom stereocenters. The monoisotopic (exact) mass is 308 g/mol. The molecule has 0 aromatic heterocycles. The smallest absolute Gasteiger partial charge is 0.407 e. The van der Waals surface area contributed by atoms with Gasteiger partial charge in [0.05, 0.1) is 0 Å². The zero-order chi connectivity index (χ0) is 12.9. The summed E-state index contributed by atoms with van der Waals surface area (Å²) in [5.41, 5.74) is 7.04. The van der Waals surface area contributed by atoms with Gasteiger partial charge in [-0.3, -0.25) is 0 Å². The van der Waals surface area contributed by atoms with Crippen molar-refractivity contribution in [2.24, 2.45) is 0 Å². The van der Waals surface area contributed by atoms with Crippen molar-refractivity contribution in [3.05, 3.63) is 29.8 Å². The van der Waals surface area contributed by atoms with Crippen molar-refractivity contribution in [2.45, 2.75) is 32.8 Å². The Balaban J connectivity index is 0. The Labute approximate surface area is 126 Å². The molecule has 110 valence electrons. The Kier molecular flexibility index (Phi) is 9.44. The minimum Gasteiger partial charge on any atom is -0.444 e. The molecule has 0 aliphatic carbocycles. The molecule has 1 amide bonds. The van der Waals surface area contributed by atoms with Crippen LogP contribution in [0, 0.1) is 0 Å². The van der Waals surface area contributed by atoms with E-state index in [0.717, 1.165) is 17.7 Å². The fourth-order valence-electron chi connectivity index (χ4n) is 1.37. The average molecular weight is 309 g/mol. The maximum Gasteiger partial charge on any atom is 0.407 e. The molecule has 0 heterocycles. The van der Waals surface area contributed by atoms with Crippen molar-refractivity contribution in [3.63, 3.8) is 0 Å². The van der Waals surface area contributed by atoms with E-state index >= 15 is 0 Å². The lowest BCUT2D eigenvalue weighted by atomic mass is 10.1. The van der Waals surface area contributed by atoms with E-state index in [4.69, 9.17) is 10.5 Å². The van der Waals surface area contributed by atoms with Gasteiger partial charge in [-0.1, -0.05) is 12.1 Å². The van der Waals surface area contributed by atoms with Gasteiger partial charge in [0.1, 0.15) is 5.60 Å². The lowest BCUT2D eigenvalue weighted by Gasteiger charge is -2.19. The molecule has 0 fully saturated rings. The Bertz CT molecular complexity index is 392. The summed E-state index contributed by atoms with van der Waals surface area (Å²) in [6.07, 6.45) is 0.353. The number of nitrogen functional groups attached to an aromatic ring is 1. The number of amides is 1. The van der Waals surface area contributed by atoms with Crippen molar-refractivity contribution in [2.75, 3.05) is 12.3 Å². The van der Waals surface area contributed by atoms with E-state index in [9.17, 15) is 4.79 Å². The van der Waals surface area contributed by atoms with Crippen LogP contribution in [-0.2, 0) is 11.2 Å². The maximum absolute atomic E-state index is 11.4. The van der Waals surface area contributed by atoms with E-state index < -0.39 is 5.60 Å². The summed E-state index contributed by atoms with van der Waals surface area (Å²) >= 11 is 0. The topological polar surface area (TPSA) is 64.3 Å². The molecule has 3 N–H and O–H groups in total. The van der Waals surface area contributed by atoms with Gasteiger partial charge >= 0.3 is 6.09 Å². The van der Waals surface area contributed by atoms with Crippen LogP contribution in [0.1, 0.15) is 26.3 Å². The highest BCUT2D eigenvalue weighted by molar-refractivity contribution is 5.85. The molecule has 1 aromatic rings. The second kappa shape index (κ2) is 8.88. The molecule has 0 aliphatic rings. The van der Waals surface area contributed by atoms with Gasteiger partial charge in [0, 0.05) is 12.2 Å². The van der Waals surface area contributed by atoms with Crippen LogP contribution in [0.2, 0.25) is 0 Å². The lowest BCUT2D eigenvalue weighted by Crippen LogP contribution is -2.33. The maximum atomic E-state index is 11.4. The first-order valence-electron chi connectivity index (χ1n) is 5.68. The minimum atomic E-state index is -0.457. The zero-order valence-corrected chi connectivity index (χ0v) is 13.1. The number of ether oxygens (including phenoxy) is 1. The number of nitrogens with one attached hydrogen (secondary N) is 1. The van der Waals surface area contributed by atoms with Crippen LogP contribution in [0.4, 0.5) is 10.5 Å². The van der Waals surface area contributed by atoms with E-state index in [-0.39, 0.29) is 30.9 Å². The quantitative estimate of drug-likeness (QED) is 0.843. The van der Waals surface area contributed by atoms with Crippen LogP contribution in [0.5, 0.6) is 0 Å². The predicted molar refractivity (Wildman–Crippen MR) is 83.3 cm³/mol. The van der Waals surface area contributed by atoms with Gasteiger partial charge in [0.15, 0.2) is 0 Å². The number of halogens is 2. The summed E-state index contributed by atoms with van der Waals surface area (Å²) in [6, 6.07) is 7.62. The van der Waals surface area contributed by atoms with Crippen molar-refractivity contribution in [1.82, 2.24) is 5.32 Å². The second-order valence-electron chi connectivity index (χ2n) is 4.92. The third-order valence-electron chi connectivity index (χ3n) is 2.03. The number of rotatable bonds is 3. The van der Waals surface area contributed by atoms with Crippen LogP contribution < -0.4 is 11.1 Å². The molecule has 0 bridgehead atoms. The molecule has 4 nitrogen and oxygen atoms in total. The number of alkyl carbamates (subject to hydrolysis) is 1. The fraction of sp³-hybridized carbons (Fsp3) is 0.462. The molecule has 1 aromatic carbocycles. The molecule has 0 aliphatic heterocycles. The second-order valence-corrected chi connectivity index (χ2v) is 4.92. The van der Waals surface area contributed by atoms with Crippen LogP contribution >= 0.6 is 24.8 Å². The SMILES string of the molecule is CC(C)(C)OC(=O)NCCc1cccc(N)c1.Cl.Cl. The molecular formula is C13H22Cl2N2O2. The Morgan fingerprint density at radius 1 is 1.32 bits per heavy atom. The molecular weight excluding hydrogens is 287 g/mol. The summed E-state index contributed by atoms with van der Waals surface area (Å²) in [7, 11) is 0. The van der Waals surface area contributed by atoms with Crippen molar-refractivity contribution >= 4 is 36.6 Å². The summed E-state index contributed by atoms with van der Waals surface area (Å²) in [6.45, 7) is 6.05.